The first kappa shape index (κ1) is 20.9. The minimum atomic E-state index is -0.263. The third-order valence-corrected chi connectivity index (χ3v) is 5.36. The highest BCUT2D eigenvalue weighted by Gasteiger charge is 2.25. The van der Waals surface area contributed by atoms with Crippen molar-refractivity contribution in [2.24, 2.45) is 0 Å². The Morgan fingerprint density at radius 1 is 1.31 bits per heavy atom. The van der Waals surface area contributed by atoms with Crippen molar-refractivity contribution in [3.63, 3.8) is 0 Å². The van der Waals surface area contributed by atoms with Crippen LogP contribution in [0.3, 0.4) is 0 Å². The first-order valence-corrected chi connectivity index (χ1v) is 9.81. The van der Waals surface area contributed by atoms with E-state index in [1.54, 1.807) is 29.7 Å². The second-order valence-corrected chi connectivity index (χ2v) is 7.38. The lowest BCUT2D eigenvalue weighted by molar-refractivity contribution is 0.0769. The SMILES string of the molecule is CCn1ncc(Cl)c1CN(C)C(=O)c1noc(C)c1COc1cccc(C)c1C. The summed E-state index contributed by atoms with van der Waals surface area (Å²) in [6.45, 7) is 8.96. The molecule has 0 saturated carbocycles. The Hall–Kier alpha value is -2.80. The maximum atomic E-state index is 13.0. The summed E-state index contributed by atoms with van der Waals surface area (Å²) < 4.78 is 13.0. The number of carbonyl (C=O) groups excluding carboxylic acids is 1. The van der Waals surface area contributed by atoms with Crippen molar-refractivity contribution in [1.29, 1.82) is 0 Å². The normalized spacial score (nSPS) is 11.0. The van der Waals surface area contributed by atoms with Gasteiger partial charge in [0.2, 0.25) is 0 Å². The second-order valence-electron chi connectivity index (χ2n) is 6.97. The number of hydrogen-bond acceptors (Lipinski definition) is 5. The zero-order chi connectivity index (χ0) is 21.1. The molecule has 0 aliphatic heterocycles. The molecule has 0 N–H and O–H groups in total. The number of hydrogen-bond donors (Lipinski definition) is 0. The minimum absolute atomic E-state index is 0.197. The van der Waals surface area contributed by atoms with Crippen LogP contribution in [0.1, 0.15) is 45.6 Å². The number of aromatic nitrogens is 3. The Labute approximate surface area is 175 Å². The van der Waals surface area contributed by atoms with Crippen molar-refractivity contribution in [3.05, 3.63) is 63.3 Å². The van der Waals surface area contributed by atoms with Crippen molar-refractivity contribution in [2.75, 3.05) is 7.05 Å². The van der Waals surface area contributed by atoms with Crippen molar-refractivity contribution >= 4 is 17.5 Å². The highest BCUT2D eigenvalue weighted by Crippen LogP contribution is 2.24. The molecule has 154 valence electrons. The first-order chi connectivity index (χ1) is 13.8. The molecule has 1 aromatic carbocycles. The molecule has 0 unspecified atom stereocenters. The van der Waals surface area contributed by atoms with E-state index in [0.717, 1.165) is 22.6 Å². The van der Waals surface area contributed by atoms with Gasteiger partial charge in [-0.3, -0.25) is 9.48 Å². The zero-order valence-electron chi connectivity index (χ0n) is 17.3. The Kier molecular flexibility index (Phi) is 6.27. The quantitative estimate of drug-likeness (QED) is 0.573. The maximum absolute atomic E-state index is 13.0. The summed E-state index contributed by atoms with van der Waals surface area (Å²) in [5, 5.41) is 8.72. The molecule has 2 aromatic heterocycles. The van der Waals surface area contributed by atoms with Crippen LogP contribution in [0, 0.1) is 20.8 Å². The minimum Gasteiger partial charge on any atom is -0.488 e. The third-order valence-electron chi connectivity index (χ3n) is 5.05. The van der Waals surface area contributed by atoms with Crippen molar-refractivity contribution < 1.29 is 14.1 Å². The van der Waals surface area contributed by atoms with Gasteiger partial charge in [0.05, 0.1) is 29.0 Å². The summed E-state index contributed by atoms with van der Waals surface area (Å²) >= 11 is 6.22. The number of aryl methyl sites for hydroxylation is 3. The fourth-order valence-corrected chi connectivity index (χ4v) is 3.26. The van der Waals surface area contributed by atoms with Gasteiger partial charge in [-0.05, 0) is 44.9 Å². The number of halogens is 1. The van der Waals surface area contributed by atoms with Gasteiger partial charge in [-0.2, -0.15) is 5.10 Å². The van der Waals surface area contributed by atoms with Gasteiger partial charge in [0.25, 0.3) is 5.91 Å². The van der Waals surface area contributed by atoms with Crippen LogP contribution in [-0.2, 0) is 19.7 Å². The number of benzene rings is 1. The van der Waals surface area contributed by atoms with E-state index >= 15 is 0 Å². The maximum Gasteiger partial charge on any atom is 0.276 e. The predicted molar refractivity (Wildman–Crippen MR) is 110 cm³/mol. The Morgan fingerprint density at radius 2 is 2.07 bits per heavy atom. The van der Waals surface area contributed by atoms with Crippen LogP contribution in [0.4, 0.5) is 0 Å². The van der Waals surface area contributed by atoms with Crippen molar-refractivity contribution in [3.8, 4) is 5.75 Å². The number of nitrogens with zero attached hydrogens (tertiary/aromatic N) is 4. The third kappa shape index (κ3) is 4.29. The highest BCUT2D eigenvalue weighted by atomic mass is 35.5. The van der Waals surface area contributed by atoms with Crippen LogP contribution in [0.15, 0.2) is 28.9 Å². The predicted octanol–water partition coefficient (Wildman–Crippen LogP) is 4.32. The van der Waals surface area contributed by atoms with Crippen LogP contribution >= 0.6 is 11.6 Å². The average Bonchev–Trinajstić information content (AvgIpc) is 3.24. The molecule has 29 heavy (non-hydrogen) atoms. The van der Waals surface area contributed by atoms with Gasteiger partial charge in [0.1, 0.15) is 18.1 Å². The Balaban J connectivity index is 1.78. The van der Waals surface area contributed by atoms with Crippen LogP contribution in [-0.4, -0.2) is 32.8 Å². The molecule has 0 spiro atoms. The van der Waals surface area contributed by atoms with Crippen molar-refractivity contribution in [2.45, 2.75) is 47.4 Å². The summed E-state index contributed by atoms with van der Waals surface area (Å²) in [5.41, 5.74) is 3.87. The number of rotatable bonds is 7. The lowest BCUT2D eigenvalue weighted by atomic mass is 10.1. The molecule has 0 fully saturated rings. The molecule has 1 amide bonds. The van der Waals surface area contributed by atoms with E-state index in [1.807, 2.05) is 39.0 Å². The van der Waals surface area contributed by atoms with E-state index < -0.39 is 0 Å². The first-order valence-electron chi connectivity index (χ1n) is 9.43. The Bertz CT molecular complexity index is 1030. The summed E-state index contributed by atoms with van der Waals surface area (Å²) in [6, 6.07) is 5.88. The topological polar surface area (TPSA) is 73.4 Å². The molecule has 0 saturated heterocycles. The monoisotopic (exact) mass is 416 g/mol. The highest BCUT2D eigenvalue weighted by molar-refractivity contribution is 6.31. The summed E-state index contributed by atoms with van der Waals surface area (Å²) in [4.78, 5) is 14.6. The van der Waals surface area contributed by atoms with Gasteiger partial charge in [-0.1, -0.05) is 28.9 Å². The lowest BCUT2D eigenvalue weighted by Crippen LogP contribution is -2.29. The smallest absolute Gasteiger partial charge is 0.276 e. The van der Waals surface area contributed by atoms with Crippen LogP contribution in [0.5, 0.6) is 5.75 Å². The molecule has 0 aliphatic carbocycles. The van der Waals surface area contributed by atoms with Gasteiger partial charge < -0.3 is 14.2 Å². The number of carbonyl (C=O) groups is 1. The molecule has 3 rings (SSSR count). The molecular weight excluding hydrogens is 392 g/mol. The molecule has 2 heterocycles. The zero-order valence-corrected chi connectivity index (χ0v) is 18.1. The largest absolute Gasteiger partial charge is 0.488 e. The van der Waals surface area contributed by atoms with Crippen molar-refractivity contribution in [1.82, 2.24) is 19.8 Å². The molecule has 0 atom stereocenters. The Morgan fingerprint density at radius 3 is 2.79 bits per heavy atom. The molecule has 0 bridgehead atoms. The summed E-state index contributed by atoms with van der Waals surface area (Å²) in [6.07, 6.45) is 1.59. The number of ether oxygens (including phenoxy) is 1. The van der Waals surface area contributed by atoms with E-state index in [1.165, 1.54) is 0 Å². The number of amides is 1. The second kappa shape index (κ2) is 8.69. The molecule has 7 nitrogen and oxygen atoms in total. The fraction of sp³-hybridized carbons (Fsp3) is 0.381. The molecular formula is C21H25ClN4O3. The van der Waals surface area contributed by atoms with Gasteiger partial charge in [-0.15, -0.1) is 0 Å². The van der Waals surface area contributed by atoms with E-state index in [0.29, 0.717) is 29.4 Å². The van der Waals surface area contributed by atoms with Crippen LogP contribution in [0.25, 0.3) is 0 Å². The van der Waals surface area contributed by atoms with Gasteiger partial charge >= 0.3 is 0 Å². The molecule has 3 aromatic rings. The molecule has 0 radical (unpaired) electrons. The van der Waals surface area contributed by atoms with Crippen LogP contribution < -0.4 is 4.74 Å². The fourth-order valence-electron chi connectivity index (χ4n) is 3.05. The average molecular weight is 417 g/mol. The van der Waals surface area contributed by atoms with Gasteiger partial charge in [-0.25, -0.2) is 0 Å². The van der Waals surface area contributed by atoms with Crippen LogP contribution in [0.2, 0.25) is 5.02 Å². The van der Waals surface area contributed by atoms with E-state index in [2.05, 4.69) is 10.3 Å². The standard InChI is InChI=1S/C21H25ClN4O3/c1-6-26-18(17(22)10-23-26)11-25(5)21(27)20-16(15(4)29-24-20)12-28-19-9-7-8-13(2)14(19)3/h7-10H,6,11-12H2,1-5H3. The molecule has 8 heteroatoms. The lowest BCUT2D eigenvalue weighted by Gasteiger charge is -2.18. The molecule has 0 aliphatic rings. The van der Waals surface area contributed by atoms with E-state index in [4.69, 9.17) is 20.9 Å². The summed E-state index contributed by atoms with van der Waals surface area (Å²) in [5.74, 6) is 1.07. The summed E-state index contributed by atoms with van der Waals surface area (Å²) in [7, 11) is 1.70. The van der Waals surface area contributed by atoms with Gasteiger partial charge in [0, 0.05) is 13.6 Å². The van der Waals surface area contributed by atoms with E-state index in [-0.39, 0.29) is 18.2 Å². The van der Waals surface area contributed by atoms with Gasteiger partial charge in [0.15, 0.2) is 5.69 Å². The van der Waals surface area contributed by atoms with E-state index in [9.17, 15) is 4.79 Å².